The molecular formula is C33H37N7O4. The average Bonchev–Trinajstić information content (AvgIpc) is 3.50. The molecule has 0 bridgehead atoms. The number of carbonyl (C=O) groups is 2. The number of aromatic amines is 1. The van der Waals surface area contributed by atoms with Gasteiger partial charge in [-0.05, 0) is 66.9 Å². The third kappa shape index (κ3) is 6.58. The molecule has 2 aromatic heterocycles. The highest BCUT2D eigenvalue weighted by atomic mass is 16.5. The van der Waals surface area contributed by atoms with E-state index in [0.29, 0.717) is 36.8 Å². The van der Waals surface area contributed by atoms with Crippen LogP contribution in [-0.2, 0) is 16.1 Å². The molecule has 4 heterocycles. The van der Waals surface area contributed by atoms with Crippen LogP contribution in [0, 0.1) is 0 Å². The number of benzene rings is 2. The van der Waals surface area contributed by atoms with Gasteiger partial charge in [0.25, 0.3) is 5.91 Å². The fraction of sp³-hybridized carbons (Fsp3) is 0.333. The Balaban J connectivity index is 1.14. The number of likely N-dealkylation sites (tertiary alicyclic amines) is 1. The Morgan fingerprint density at radius 1 is 1.11 bits per heavy atom. The molecule has 0 radical (unpaired) electrons. The molecule has 0 saturated carbocycles. The van der Waals surface area contributed by atoms with Gasteiger partial charge in [-0.2, -0.15) is 0 Å². The van der Waals surface area contributed by atoms with Gasteiger partial charge in [-0.1, -0.05) is 24.8 Å². The molecule has 2 aliphatic rings. The van der Waals surface area contributed by atoms with Gasteiger partial charge < -0.3 is 30.0 Å². The summed E-state index contributed by atoms with van der Waals surface area (Å²) in [5, 5.41) is 6.98. The van der Waals surface area contributed by atoms with Gasteiger partial charge in [0, 0.05) is 43.6 Å². The highest BCUT2D eigenvalue weighted by Crippen LogP contribution is 2.30. The van der Waals surface area contributed by atoms with Crippen LogP contribution < -0.4 is 20.3 Å². The Labute approximate surface area is 256 Å². The Morgan fingerprint density at radius 3 is 2.70 bits per heavy atom. The third-order valence-corrected chi connectivity index (χ3v) is 8.12. The van der Waals surface area contributed by atoms with Crippen molar-refractivity contribution in [2.24, 2.45) is 0 Å². The second-order valence-corrected chi connectivity index (χ2v) is 11.1. The number of nitrogens with zero attached hydrogens (tertiary/aromatic N) is 4. The van der Waals surface area contributed by atoms with Crippen LogP contribution in [0.2, 0.25) is 0 Å². The molecule has 4 aromatic rings. The van der Waals surface area contributed by atoms with E-state index in [4.69, 9.17) is 9.47 Å². The van der Waals surface area contributed by atoms with Crippen LogP contribution in [0.25, 0.3) is 22.3 Å². The molecule has 0 spiro atoms. The summed E-state index contributed by atoms with van der Waals surface area (Å²) >= 11 is 0. The maximum atomic E-state index is 13.4. The highest BCUT2D eigenvalue weighted by Gasteiger charge is 2.22. The number of rotatable bonds is 9. The zero-order valence-electron chi connectivity index (χ0n) is 24.8. The lowest BCUT2D eigenvalue weighted by molar-refractivity contribution is -0.117. The number of anilines is 2. The van der Waals surface area contributed by atoms with Crippen LogP contribution in [0.5, 0.6) is 5.75 Å². The summed E-state index contributed by atoms with van der Waals surface area (Å²) in [5.74, 6) is 1.01. The number of hydrogen-bond donors (Lipinski definition) is 3. The molecule has 2 aromatic carbocycles. The number of hydrogen-bond acceptors (Lipinski definition) is 8. The zero-order valence-corrected chi connectivity index (χ0v) is 24.8. The van der Waals surface area contributed by atoms with Crippen molar-refractivity contribution in [3.8, 4) is 17.0 Å². The van der Waals surface area contributed by atoms with E-state index in [-0.39, 0.29) is 17.9 Å². The van der Waals surface area contributed by atoms with Crippen molar-refractivity contribution in [3.05, 3.63) is 78.6 Å². The van der Waals surface area contributed by atoms with Gasteiger partial charge in [-0.3, -0.25) is 14.5 Å². The second-order valence-electron chi connectivity index (χ2n) is 11.1. The number of aromatic nitrogens is 3. The number of morpholine rings is 1. The average molecular weight is 596 g/mol. The summed E-state index contributed by atoms with van der Waals surface area (Å²) < 4.78 is 11.0. The minimum absolute atomic E-state index is 0.0855. The van der Waals surface area contributed by atoms with Crippen LogP contribution >= 0.6 is 0 Å². The van der Waals surface area contributed by atoms with Crippen LogP contribution in [0.3, 0.4) is 0 Å². The van der Waals surface area contributed by atoms with Gasteiger partial charge in [-0.15, -0.1) is 0 Å². The fourth-order valence-electron chi connectivity index (χ4n) is 5.91. The van der Waals surface area contributed by atoms with Gasteiger partial charge in [0.15, 0.2) is 0 Å². The van der Waals surface area contributed by atoms with Gasteiger partial charge in [0.2, 0.25) is 5.91 Å². The Hall–Kier alpha value is -4.74. The van der Waals surface area contributed by atoms with Gasteiger partial charge in [0.1, 0.15) is 23.5 Å². The largest absolute Gasteiger partial charge is 0.496 e. The molecule has 2 amide bonds. The van der Waals surface area contributed by atoms with Crippen LogP contribution in [0.15, 0.2) is 67.5 Å². The van der Waals surface area contributed by atoms with Gasteiger partial charge >= 0.3 is 0 Å². The fourth-order valence-corrected chi connectivity index (χ4v) is 5.91. The first-order chi connectivity index (χ1) is 21.5. The summed E-state index contributed by atoms with van der Waals surface area (Å²) in [7, 11) is 1.56. The standard InChI is InChI=1S/C33H37N7O4/c1-3-30(41)36-25-5-4-12-39(20-25)19-22-6-11-29(43-2)26(17-22)33(42)37-24-9-7-23(8-10-24)28-18-27-31(38-28)34-21-35-32(27)40-13-15-44-16-14-40/h3,6-11,17-18,21,25H,1,4-5,12-16,19-20H2,2H3,(H,36,41)(H,37,42)(H,34,35,38)/t25-/m1/s1. The van der Waals surface area contributed by atoms with Crippen molar-refractivity contribution in [2.75, 3.05) is 56.7 Å². The van der Waals surface area contributed by atoms with E-state index in [1.807, 2.05) is 42.5 Å². The molecule has 1 atom stereocenters. The van der Waals surface area contributed by atoms with E-state index in [1.165, 1.54) is 6.08 Å². The first-order valence-corrected chi connectivity index (χ1v) is 14.9. The predicted octanol–water partition coefficient (Wildman–Crippen LogP) is 3.99. The van der Waals surface area contributed by atoms with Crippen molar-refractivity contribution in [1.82, 2.24) is 25.2 Å². The zero-order chi connectivity index (χ0) is 30.5. The van der Waals surface area contributed by atoms with E-state index in [2.05, 4.69) is 48.0 Å². The van der Waals surface area contributed by atoms with Crippen molar-refractivity contribution >= 4 is 34.4 Å². The monoisotopic (exact) mass is 595 g/mol. The summed E-state index contributed by atoms with van der Waals surface area (Å²) in [6.07, 6.45) is 4.82. The first kappa shape index (κ1) is 29.3. The molecule has 2 aliphatic heterocycles. The number of fused-ring (bicyclic) bond motifs is 1. The number of nitrogens with one attached hydrogen (secondary N) is 3. The SMILES string of the molecule is C=CC(=O)N[C@@H]1CCCN(Cc2ccc(OC)c(C(=O)Nc3ccc(-c4cc5c(N6CCOCC6)ncnc5[nH]4)cc3)c2)C1. The molecule has 3 N–H and O–H groups in total. The number of carbonyl (C=O) groups excluding carboxylic acids is 2. The topological polar surface area (TPSA) is 125 Å². The van der Waals surface area contributed by atoms with Crippen LogP contribution in [-0.4, -0.2) is 84.2 Å². The smallest absolute Gasteiger partial charge is 0.259 e. The van der Waals surface area contributed by atoms with Crippen molar-refractivity contribution in [3.63, 3.8) is 0 Å². The lowest BCUT2D eigenvalue weighted by atomic mass is 10.0. The Kier molecular flexibility index (Phi) is 8.85. The molecule has 2 saturated heterocycles. The molecule has 0 aliphatic carbocycles. The van der Waals surface area contributed by atoms with E-state index in [0.717, 1.165) is 72.7 Å². The molecule has 6 rings (SSSR count). The maximum absolute atomic E-state index is 13.4. The van der Waals surface area contributed by atoms with E-state index < -0.39 is 0 Å². The third-order valence-electron chi connectivity index (χ3n) is 8.12. The van der Waals surface area contributed by atoms with E-state index in [9.17, 15) is 9.59 Å². The van der Waals surface area contributed by atoms with Crippen LogP contribution in [0.4, 0.5) is 11.5 Å². The molecule has 11 heteroatoms. The molecule has 0 unspecified atom stereocenters. The molecule has 44 heavy (non-hydrogen) atoms. The molecule has 11 nitrogen and oxygen atoms in total. The molecular weight excluding hydrogens is 558 g/mol. The predicted molar refractivity (Wildman–Crippen MR) is 170 cm³/mol. The van der Waals surface area contributed by atoms with Gasteiger partial charge in [-0.25, -0.2) is 9.97 Å². The normalized spacial score (nSPS) is 17.3. The molecule has 228 valence electrons. The Bertz CT molecular complexity index is 1650. The van der Waals surface area contributed by atoms with E-state index in [1.54, 1.807) is 13.4 Å². The summed E-state index contributed by atoms with van der Waals surface area (Å²) in [4.78, 5) is 42.1. The van der Waals surface area contributed by atoms with Crippen molar-refractivity contribution in [2.45, 2.75) is 25.4 Å². The first-order valence-electron chi connectivity index (χ1n) is 14.9. The summed E-state index contributed by atoms with van der Waals surface area (Å²) in [6.45, 7) is 8.84. The lowest BCUT2D eigenvalue weighted by Gasteiger charge is -2.33. The van der Waals surface area contributed by atoms with Crippen molar-refractivity contribution < 1.29 is 19.1 Å². The van der Waals surface area contributed by atoms with E-state index >= 15 is 0 Å². The Morgan fingerprint density at radius 2 is 1.93 bits per heavy atom. The summed E-state index contributed by atoms with van der Waals surface area (Å²) in [5.41, 5.74) is 4.81. The van der Waals surface area contributed by atoms with Crippen molar-refractivity contribution in [1.29, 1.82) is 0 Å². The minimum atomic E-state index is -0.248. The summed E-state index contributed by atoms with van der Waals surface area (Å²) in [6, 6.07) is 15.5. The number of methoxy groups -OCH3 is 1. The number of H-pyrrole nitrogens is 1. The number of amides is 2. The maximum Gasteiger partial charge on any atom is 0.259 e. The quantitative estimate of drug-likeness (QED) is 0.248. The number of piperidine rings is 1. The second kappa shape index (κ2) is 13.3. The van der Waals surface area contributed by atoms with Gasteiger partial charge in [0.05, 0.1) is 31.3 Å². The van der Waals surface area contributed by atoms with Crippen LogP contribution in [0.1, 0.15) is 28.8 Å². The minimum Gasteiger partial charge on any atom is -0.496 e. The molecule has 2 fully saturated rings. The highest BCUT2D eigenvalue weighted by molar-refractivity contribution is 6.06. The number of ether oxygens (including phenoxy) is 2. The lowest BCUT2D eigenvalue weighted by Crippen LogP contribution is -2.46.